The van der Waals surface area contributed by atoms with Gasteiger partial charge in [0.05, 0.1) is 19.6 Å². The van der Waals surface area contributed by atoms with Crippen molar-refractivity contribution in [2.24, 2.45) is 0 Å². The van der Waals surface area contributed by atoms with Crippen molar-refractivity contribution < 1.29 is 14.4 Å². The van der Waals surface area contributed by atoms with Crippen LogP contribution in [0.2, 0.25) is 0 Å². The van der Waals surface area contributed by atoms with Gasteiger partial charge >= 0.3 is 5.97 Å². The molecule has 0 unspecified atom stereocenters. The molecule has 0 aromatic heterocycles. The maximum atomic E-state index is 10.7. The van der Waals surface area contributed by atoms with Gasteiger partial charge in [-0.05, 0) is 6.42 Å². The Morgan fingerprint density at radius 1 is 1.45 bits per heavy atom. The van der Waals surface area contributed by atoms with Gasteiger partial charge in [-0.2, -0.15) is 0 Å². The van der Waals surface area contributed by atoms with E-state index in [9.17, 15) is 4.79 Å². The average molecular weight is 160 g/mol. The molecule has 0 aromatic carbocycles. The summed E-state index contributed by atoms with van der Waals surface area (Å²) in [6.07, 6.45) is 1.13. The van der Waals surface area contributed by atoms with Crippen LogP contribution in [-0.4, -0.2) is 26.2 Å². The van der Waals surface area contributed by atoms with E-state index >= 15 is 0 Å². The highest BCUT2D eigenvalue weighted by Gasteiger charge is 2.00. The Kier molecular flexibility index (Phi) is 7.08. The van der Waals surface area contributed by atoms with Crippen molar-refractivity contribution in [1.29, 1.82) is 0 Å². The minimum absolute atomic E-state index is 0.226. The van der Waals surface area contributed by atoms with E-state index in [1.165, 1.54) is 7.05 Å². The summed E-state index contributed by atoms with van der Waals surface area (Å²) >= 11 is 0. The van der Waals surface area contributed by atoms with Crippen LogP contribution in [0.5, 0.6) is 0 Å². The van der Waals surface area contributed by atoms with Crippen LogP contribution in [0.4, 0.5) is 0 Å². The molecule has 4 nitrogen and oxygen atoms in total. The van der Waals surface area contributed by atoms with Crippen molar-refractivity contribution in [2.75, 3.05) is 20.3 Å². The summed E-state index contributed by atoms with van der Waals surface area (Å²) in [5, 5.41) is 0. The van der Waals surface area contributed by atoms with Gasteiger partial charge in [0.1, 0.15) is 0 Å². The Morgan fingerprint density at radius 2 is 2.18 bits per heavy atom. The molecule has 0 fully saturated rings. The zero-order chi connectivity index (χ0) is 8.53. The van der Waals surface area contributed by atoms with Gasteiger partial charge in [0, 0.05) is 7.05 Å². The molecule has 0 aliphatic heterocycles. The maximum absolute atomic E-state index is 10.7. The fourth-order valence-corrected chi connectivity index (χ4v) is 0.508. The highest BCUT2D eigenvalue weighted by molar-refractivity contribution is 5.69. The molecule has 11 heavy (non-hydrogen) atoms. The molecule has 0 aromatic rings. The van der Waals surface area contributed by atoms with E-state index in [1.807, 2.05) is 6.92 Å². The predicted octanol–water partition coefficient (Wildman–Crippen LogP) is 0.495. The van der Waals surface area contributed by atoms with Crippen molar-refractivity contribution in [2.45, 2.75) is 19.8 Å². The SMILES string of the molecule is CCCOC(=O)CCO[N]C. The largest absolute Gasteiger partial charge is 0.466 e. The topological polar surface area (TPSA) is 49.6 Å². The molecular weight excluding hydrogens is 146 g/mol. The van der Waals surface area contributed by atoms with Crippen molar-refractivity contribution in [1.82, 2.24) is 5.48 Å². The molecule has 0 aliphatic rings. The number of rotatable bonds is 6. The Labute approximate surface area is 66.8 Å². The average Bonchev–Trinajstić information content (AvgIpc) is 2.01. The summed E-state index contributed by atoms with van der Waals surface area (Å²) in [6, 6.07) is 0. The second kappa shape index (κ2) is 7.50. The van der Waals surface area contributed by atoms with E-state index < -0.39 is 0 Å². The Hall–Kier alpha value is -0.610. The minimum atomic E-state index is -0.226. The molecule has 1 radical (unpaired) electrons. The van der Waals surface area contributed by atoms with Crippen LogP contribution in [0.25, 0.3) is 0 Å². The molecule has 0 saturated heterocycles. The summed E-state index contributed by atoms with van der Waals surface area (Å²) in [5.74, 6) is -0.226. The van der Waals surface area contributed by atoms with Gasteiger partial charge in [0.25, 0.3) is 0 Å². The van der Waals surface area contributed by atoms with Crippen LogP contribution in [0.3, 0.4) is 0 Å². The number of carbonyl (C=O) groups is 1. The van der Waals surface area contributed by atoms with Crippen LogP contribution < -0.4 is 5.48 Å². The number of ether oxygens (including phenoxy) is 1. The molecule has 0 spiro atoms. The van der Waals surface area contributed by atoms with Crippen molar-refractivity contribution in [3.8, 4) is 0 Å². The third kappa shape index (κ3) is 7.29. The number of esters is 1. The number of nitrogens with zero attached hydrogens (tertiary/aromatic N) is 1. The first-order valence-corrected chi connectivity index (χ1v) is 3.68. The summed E-state index contributed by atoms with van der Waals surface area (Å²) in [6.45, 7) is 2.74. The third-order valence-corrected chi connectivity index (χ3v) is 0.994. The molecule has 0 heterocycles. The van der Waals surface area contributed by atoms with Gasteiger partial charge in [-0.15, -0.1) is 5.48 Å². The number of hydrogen-bond donors (Lipinski definition) is 0. The molecule has 4 heteroatoms. The molecule has 0 amide bonds. The summed E-state index contributed by atoms with van der Waals surface area (Å²) in [5.41, 5.74) is 3.38. The van der Waals surface area contributed by atoms with E-state index in [1.54, 1.807) is 0 Å². The molecule has 0 bridgehead atoms. The lowest BCUT2D eigenvalue weighted by Gasteiger charge is -2.01. The summed E-state index contributed by atoms with van der Waals surface area (Å²) in [4.78, 5) is 15.3. The highest BCUT2D eigenvalue weighted by atomic mass is 16.6. The van der Waals surface area contributed by atoms with E-state index in [4.69, 9.17) is 4.74 Å². The second-order valence-electron chi connectivity index (χ2n) is 1.99. The van der Waals surface area contributed by atoms with E-state index in [0.717, 1.165) is 6.42 Å². The monoisotopic (exact) mass is 160 g/mol. The zero-order valence-corrected chi connectivity index (χ0v) is 7.00. The standard InChI is InChI=1S/C7H14NO3/c1-3-5-10-7(9)4-6-11-8-2/h3-6H2,1-2H3. The van der Waals surface area contributed by atoms with Crippen LogP contribution in [0.1, 0.15) is 19.8 Å². The van der Waals surface area contributed by atoms with E-state index in [-0.39, 0.29) is 12.4 Å². The molecule has 0 atom stereocenters. The van der Waals surface area contributed by atoms with E-state index in [0.29, 0.717) is 13.2 Å². The first-order chi connectivity index (χ1) is 5.31. The molecule has 0 rings (SSSR count). The van der Waals surface area contributed by atoms with Gasteiger partial charge in [-0.25, -0.2) is 0 Å². The number of hydroxylamine groups is 1. The van der Waals surface area contributed by atoms with Crippen LogP contribution in [-0.2, 0) is 14.4 Å². The first kappa shape index (κ1) is 10.4. The fourth-order valence-electron chi connectivity index (χ4n) is 0.508. The summed E-state index contributed by atoms with van der Waals surface area (Å²) in [7, 11) is 1.53. The summed E-state index contributed by atoms with van der Waals surface area (Å²) < 4.78 is 4.78. The highest BCUT2D eigenvalue weighted by Crippen LogP contribution is 1.88. The van der Waals surface area contributed by atoms with Gasteiger partial charge in [-0.3, -0.25) is 9.63 Å². The molecule has 65 valence electrons. The smallest absolute Gasteiger partial charge is 0.308 e. The third-order valence-electron chi connectivity index (χ3n) is 0.994. The fraction of sp³-hybridized carbons (Fsp3) is 0.857. The maximum Gasteiger partial charge on any atom is 0.308 e. The van der Waals surface area contributed by atoms with Crippen molar-refractivity contribution in [3.05, 3.63) is 0 Å². The normalized spacial score (nSPS) is 9.64. The molecule has 0 saturated carbocycles. The van der Waals surface area contributed by atoms with Gasteiger partial charge in [-0.1, -0.05) is 6.92 Å². The second-order valence-corrected chi connectivity index (χ2v) is 1.99. The number of hydrogen-bond acceptors (Lipinski definition) is 3. The van der Waals surface area contributed by atoms with Crippen LogP contribution in [0.15, 0.2) is 0 Å². The van der Waals surface area contributed by atoms with Crippen molar-refractivity contribution in [3.63, 3.8) is 0 Å². The van der Waals surface area contributed by atoms with E-state index in [2.05, 4.69) is 10.3 Å². The Bertz CT molecular complexity index is 106. The molecular formula is C7H14NO3. The lowest BCUT2D eigenvalue weighted by Crippen LogP contribution is -2.10. The van der Waals surface area contributed by atoms with Gasteiger partial charge < -0.3 is 4.74 Å². The Morgan fingerprint density at radius 3 is 2.73 bits per heavy atom. The predicted molar refractivity (Wildman–Crippen MR) is 39.9 cm³/mol. The minimum Gasteiger partial charge on any atom is -0.466 e. The lowest BCUT2D eigenvalue weighted by atomic mass is 10.4. The Balaban J connectivity index is 3.09. The molecule has 0 N–H and O–H groups in total. The lowest BCUT2D eigenvalue weighted by molar-refractivity contribution is -0.145. The van der Waals surface area contributed by atoms with Crippen LogP contribution in [0, 0.1) is 0 Å². The van der Waals surface area contributed by atoms with Gasteiger partial charge in [0.2, 0.25) is 0 Å². The first-order valence-electron chi connectivity index (χ1n) is 3.68. The number of carbonyl (C=O) groups excluding carboxylic acids is 1. The molecule has 0 aliphatic carbocycles. The van der Waals surface area contributed by atoms with Gasteiger partial charge in [0.15, 0.2) is 0 Å². The van der Waals surface area contributed by atoms with Crippen LogP contribution >= 0.6 is 0 Å². The zero-order valence-electron chi connectivity index (χ0n) is 7.00. The van der Waals surface area contributed by atoms with Crippen molar-refractivity contribution >= 4 is 5.97 Å². The quantitative estimate of drug-likeness (QED) is 0.323.